The number of amides is 2. The Hall–Kier alpha value is -2.47. The first-order valence-corrected chi connectivity index (χ1v) is 9.42. The van der Waals surface area contributed by atoms with Gasteiger partial charge in [-0.3, -0.25) is 9.59 Å². The maximum absolute atomic E-state index is 13.2. The number of likely N-dealkylation sites (tertiary alicyclic amines) is 1. The average molecular weight is 390 g/mol. The van der Waals surface area contributed by atoms with Crippen molar-refractivity contribution in [2.75, 3.05) is 11.9 Å². The highest BCUT2D eigenvalue weighted by atomic mass is 35.5. The summed E-state index contributed by atoms with van der Waals surface area (Å²) in [6.45, 7) is 2.78. The number of nitrogens with zero attached hydrogens (tertiary/aromatic N) is 2. The Balaban J connectivity index is 1.77. The van der Waals surface area contributed by atoms with Crippen molar-refractivity contribution in [2.45, 2.75) is 38.6 Å². The summed E-state index contributed by atoms with van der Waals surface area (Å²) in [5.74, 6) is -1.20. The molecule has 1 aliphatic heterocycles. The molecule has 3 rings (SSSR count). The zero-order chi connectivity index (χ0) is 19.4. The quantitative estimate of drug-likeness (QED) is 0.835. The molecule has 7 heteroatoms. The summed E-state index contributed by atoms with van der Waals surface area (Å²) in [5.41, 5.74) is 0.721. The van der Waals surface area contributed by atoms with Crippen LogP contribution in [0, 0.1) is 5.82 Å². The minimum Gasteiger partial charge on any atom is -0.334 e. The summed E-state index contributed by atoms with van der Waals surface area (Å²) in [6.07, 6.45) is 4.00. The molecule has 2 aromatic rings. The topological polar surface area (TPSA) is 62.3 Å². The van der Waals surface area contributed by atoms with E-state index in [-0.39, 0.29) is 28.4 Å². The smallest absolute Gasteiger partial charge is 0.274 e. The number of carbonyl (C=O) groups is 2. The molecule has 2 amide bonds. The molecule has 1 fully saturated rings. The van der Waals surface area contributed by atoms with E-state index in [1.165, 1.54) is 24.3 Å². The molecule has 0 spiro atoms. The van der Waals surface area contributed by atoms with Gasteiger partial charge in [-0.15, -0.1) is 0 Å². The molecule has 5 nitrogen and oxygen atoms in total. The summed E-state index contributed by atoms with van der Waals surface area (Å²) in [6, 6.07) is 8.91. The SMILES string of the molecule is CCC1CCCCN1C(=O)c1cccc(C(=O)Nc2ccc(F)c(Cl)c2)n1. The van der Waals surface area contributed by atoms with Gasteiger partial charge in [0.05, 0.1) is 5.02 Å². The maximum Gasteiger partial charge on any atom is 0.274 e. The summed E-state index contributed by atoms with van der Waals surface area (Å²) >= 11 is 5.73. The molecule has 1 aromatic carbocycles. The zero-order valence-corrected chi connectivity index (χ0v) is 15.8. The predicted octanol–water partition coefficient (Wildman–Crippen LogP) is 4.53. The fourth-order valence-electron chi connectivity index (χ4n) is 3.29. The predicted molar refractivity (Wildman–Crippen MR) is 103 cm³/mol. The second kappa shape index (κ2) is 8.48. The van der Waals surface area contributed by atoms with Crippen molar-refractivity contribution in [2.24, 2.45) is 0 Å². The van der Waals surface area contributed by atoms with E-state index < -0.39 is 11.7 Å². The lowest BCUT2D eigenvalue weighted by Gasteiger charge is -2.35. The Kier molecular flexibility index (Phi) is 6.06. The van der Waals surface area contributed by atoms with Gasteiger partial charge in [-0.05, 0) is 56.0 Å². The van der Waals surface area contributed by atoms with Crippen molar-refractivity contribution >= 4 is 29.1 Å². The van der Waals surface area contributed by atoms with Crippen molar-refractivity contribution < 1.29 is 14.0 Å². The van der Waals surface area contributed by atoms with Gasteiger partial charge in [-0.2, -0.15) is 0 Å². The highest BCUT2D eigenvalue weighted by Crippen LogP contribution is 2.22. The first-order valence-electron chi connectivity index (χ1n) is 9.04. The number of anilines is 1. The van der Waals surface area contributed by atoms with E-state index in [9.17, 15) is 14.0 Å². The van der Waals surface area contributed by atoms with Crippen LogP contribution in [0.3, 0.4) is 0 Å². The molecule has 0 radical (unpaired) electrons. The summed E-state index contributed by atoms with van der Waals surface area (Å²) in [7, 11) is 0. The lowest BCUT2D eigenvalue weighted by Crippen LogP contribution is -2.43. The third-order valence-corrected chi connectivity index (χ3v) is 5.03. The lowest BCUT2D eigenvalue weighted by molar-refractivity contribution is 0.0602. The molecule has 142 valence electrons. The van der Waals surface area contributed by atoms with Crippen molar-refractivity contribution in [1.82, 2.24) is 9.88 Å². The van der Waals surface area contributed by atoms with Crippen LogP contribution < -0.4 is 5.32 Å². The Labute approximate surface area is 162 Å². The molecule has 1 unspecified atom stereocenters. The number of nitrogens with one attached hydrogen (secondary N) is 1. The number of pyridine rings is 1. The van der Waals surface area contributed by atoms with Gasteiger partial charge < -0.3 is 10.2 Å². The molecular weight excluding hydrogens is 369 g/mol. The van der Waals surface area contributed by atoms with Crippen LogP contribution in [0.2, 0.25) is 5.02 Å². The van der Waals surface area contributed by atoms with E-state index in [0.29, 0.717) is 12.2 Å². The summed E-state index contributed by atoms with van der Waals surface area (Å²) in [5, 5.41) is 2.53. The van der Waals surface area contributed by atoms with E-state index in [4.69, 9.17) is 11.6 Å². The highest BCUT2D eigenvalue weighted by molar-refractivity contribution is 6.31. The van der Waals surface area contributed by atoms with Crippen LogP contribution in [0.25, 0.3) is 0 Å². The van der Waals surface area contributed by atoms with Gasteiger partial charge in [-0.1, -0.05) is 24.6 Å². The van der Waals surface area contributed by atoms with E-state index >= 15 is 0 Å². The van der Waals surface area contributed by atoms with Crippen LogP contribution in [-0.2, 0) is 0 Å². The number of hydrogen-bond donors (Lipinski definition) is 1. The van der Waals surface area contributed by atoms with Crippen molar-refractivity contribution in [3.8, 4) is 0 Å². The molecule has 1 N–H and O–H groups in total. The molecule has 1 saturated heterocycles. The van der Waals surface area contributed by atoms with Crippen LogP contribution in [0.1, 0.15) is 53.6 Å². The number of rotatable bonds is 4. The number of benzene rings is 1. The van der Waals surface area contributed by atoms with E-state index in [0.717, 1.165) is 25.7 Å². The molecule has 0 bridgehead atoms. The first-order chi connectivity index (χ1) is 13.0. The molecule has 1 aromatic heterocycles. The standard InChI is InChI=1S/C20H21ClFN3O2/c1-2-14-6-3-4-11-25(14)20(27)18-8-5-7-17(24-18)19(26)23-13-9-10-16(22)15(21)12-13/h5,7-10,12,14H,2-4,6,11H2,1H3,(H,23,26). The minimum atomic E-state index is -0.563. The monoisotopic (exact) mass is 389 g/mol. The Morgan fingerprint density at radius 3 is 2.78 bits per heavy atom. The van der Waals surface area contributed by atoms with Gasteiger partial charge >= 0.3 is 0 Å². The van der Waals surface area contributed by atoms with Gasteiger partial charge in [0, 0.05) is 18.3 Å². The number of halogens is 2. The Morgan fingerprint density at radius 2 is 2.04 bits per heavy atom. The van der Waals surface area contributed by atoms with Crippen LogP contribution in [0.5, 0.6) is 0 Å². The second-order valence-corrected chi connectivity index (χ2v) is 6.95. The van der Waals surface area contributed by atoms with Crippen molar-refractivity contribution in [3.63, 3.8) is 0 Å². The second-order valence-electron chi connectivity index (χ2n) is 6.55. The molecule has 1 atom stereocenters. The third kappa shape index (κ3) is 4.45. The number of aromatic nitrogens is 1. The number of piperidine rings is 1. The fourth-order valence-corrected chi connectivity index (χ4v) is 3.47. The van der Waals surface area contributed by atoms with Crippen LogP contribution in [0.15, 0.2) is 36.4 Å². The van der Waals surface area contributed by atoms with Crippen LogP contribution in [-0.4, -0.2) is 34.3 Å². The lowest BCUT2D eigenvalue weighted by atomic mass is 9.99. The minimum absolute atomic E-state index is 0.0830. The Bertz CT molecular complexity index is 859. The normalized spacial score (nSPS) is 16.9. The van der Waals surface area contributed by atoms with Crippen molar-refractivity contribution in [1.29, 1.82) is 0 Å². The van der Waals surface area contributed by atoms with E-state index in [1.54, 1.807) is 12.1 Å². The molecule has 0 aliphatic carbocycles. The van der Waals surface area contributed by atoms with Crippen LogP contribution in [0.4, 0.5) is 10.1 Å². The van der Waals surface area contributed by atoms with Gasteiger partial charge in [0.15, 0.2) is 0 Å². The summed E-state index contributed by atoms with van der Waals surface area (Å²) < 4.78 is 13.2. The first kappa shape index (κ1) is 19.3. The summed E-state index contributed by atoms with van der Waals surface area (Å²) in [4.78, 5) is 31.4. The third-order valence-electron chi connectivity index (χ3n) is 4.74. The van der Waals surface area contributed by atoms with Gasteiger partial charge in [-0.25, -0.2) is 9.37 Å². The molecule has 2 heterocycles. The number of carbonyl (C=O) groups excluding carboxylic acids is 2. The molecular formula is C20H21ClFN3O2. The van der Waals surface area contributed by atoms with Crippen molar-refractivity contribution in [3.05, 3.63) is 58.6 Å². The van der Waals surface area contributed by atoms with Gasteiger partial charge in [0.1, 0.15) is 17.2 Å². The maximum atomic E-state index is 13.2. The number of hydrogen-bond acceptors (Lipinski definition) is 3. The molecule has 0 saturated carbocycles. The van der Waals surface area contributed by atoms with E-state index in [1.807, 2.05) is 4.90 Å². The van der Waals surface area contributed by atoms with E-state index in [2.05, 4.69) is 17.2 Å². The highest BCUT2D eigenvalue weighted by Gasteiger charge is 2.27. The average Bonchev–Trinajstić information content (AvgIpc) is 2.70. The molecule has 27 heavy (non-hydrogen) atoms. The van der Waals surface area contributed by atoms with Gasteiger partial charge in [0.2, 0.25) is 0 Å². The molecule has 1 aliphatic rings. The zero-order valence-electron chi connectivity index (χ0n) is 15.0. The van der Waals surface area contributed by atoms with Gasteiger partial charge in [0.25, 0.3) is 11.8 Å². The Morgan fingerprint density at radius 1 is 1.26 bits per heavy atom. The largest absolute Gasteiger partial charge is 0.334 e. The van der Waals surface area contributed by atoms with Crippen LogP contribution >= 0.6 is 11.6 Å². The fraction of sp³-hybridized carbons (Fsp3) is 0.350.